The standard InChI is InChI=1S/C11H10ClN7S/c12-9-16-10(13-4-2-8-6-20-7-14-8)18-11(17-9)19-5-1-3-15-19/h1,3,5-7H,2,4H2,(H,13,16,17,18). The molecule has 3 aromatic heterocycles. The molecular formula is C11H10ClN7S. The molecule has 0 bridgehead atoms. The van der Waals surface area contributed by atoms with Crippen LogP contribution in [0.15, 0.2) is 29.4 Å². The van der Waals surface area contributed by atoms with Crippen LogP contribution in [0.3, 0.4) is 0 Å². The van der Waals surface area contributed by atoms with Gasteiger partial charge in [-0.25, -0.2) is 9.67 Å². The number of hydrogen-bond acceptors (Lipinski definition) is 7. The minimum absolute atomic E-state index is 0.127. The van der Waals surface area contributed by atoms with Gasteiger partial charge in [0, 0.05) is 30.7 Å². The predicted octanol–water partition coefficient (Wildman–Crippen LogP) is 1.82. The summed E-state index contributed by atoms with van der Waals surface area (Å²) in [5.41, 5.74) is 2.85. The van der Waals surface area contributed by atoms with Gasteiger partial charge in [0.2, 0.25) is 11.2 Å². The van der Waals surface area contributed by atoms with Gasteiger partial charge in [-0.15, -0.1) is 11.3 Å². The molecule has 3 aromatic rings. The van der Waals surface area contributed by atoms with E-state index in [0.29, 0.717) is 18.4 Å². The van der Waals surface area contributed by atoms with E-state index in [9.17, 15) is 0 Å². The Morgan fingerprint density at radius 1 is 1.30 bits per heavy atom. The summed E-state index contributed by atoms with van der Waals surface area (Å²) in [5.74, 6) is 0.803. The first kappa shape index (κ1) is 12.9. The Bertz CT molecular complexity index is 668. The lowest BCUT2D eigenvalue weighted by atomic mass is 10.3. The Labute approximate surface area is 123 Å². The van der Waals surface area contributed by atoms with E-state index in [1.807, 2.05) is 10.9 Å². The fourth-order valence-electron chi connectivity index (χ4n) is 1.57. The summed E-state index contributed by atoms with van der Waals surface area (Å²) >= 11 is 7.47. The topological polar surface area (TPSA) is 81.4 Å². The van der Waals surface area contributed by atoms with Crippen molar-refractivity contribution in [3.63, 3.8) is 0 Å². The van der Waals surface area contributed by atoms with Gasteiger partial charge in [0.15, 0.2) is 0 Å². The Morgan fingerprint density at radius 3 is 3.00 bits per heavy atom. The van der Waals surface area contributed by atoms with Crippen LogP contribution in [-0.4, -0.2) is 36.3 Å². The summed E-state index contributed by atoms with van der Waals surface area (Å²) in [7, 11) is 0. The van der Waals surface area contributed by atoms with Crippen molar-refractivity contribution in [3.8, 4) is 5.95 Å². The Balaban J connectivity index is 1.70. The second kappa shape index (κ2) is 5.93. The van der Waals surface area contributed by atoms with Crippen molar-refractivity contribution < 1.29 is 0 Å². The lowest BCUT2D eigenvalue weighted by Crippen LogP contribution is -2.11. The van der Waals surface area contributed by atoms with Gasteiger partial charge >= 0.3 is 0 Å². The maximum atomic E-state index is 5.89. The maximum Gasteiger partial charge on any atom is 0.256 e. The Hall–Kier alpha value is -2.06. The predicted molar refractivity (Wildman–Crippen MR) is 76.3 cm³/mol. The van der Waals surface area contributed by atoms with Crippen LogP contribution in [0.25, 0.3) is 5.95 Å². The van der Waals surface area contributed by atoms with Crippen LogP contribution in [0.2, 0.25) is 5.28 Å². The van der Waals surface area contributed by atoms with Gasteiger partial charge in [-0.2, -0.15) is 20.1 Å². The molecule has 20 heavy (non-hydrogen) atoms. The molecule has 7 nitrogen and oxygen atoms in total. The number of rotatable bonds is 5. The van der Waals surface area contributed by atoms with Gasteiger partial charge in [0.05, 0.1) is 11.2 Å². The van der Waals surface area contributed by atoms with E-state index in [-0.39, 0.29) is 5.28 Å². The van der Waals surface area contributed by atoms with Gasteiger partial charge in [-0.3, -0.25) is 0 Å². The average Bonchev–Trinajstić information content (AvgIpc) is 3.11. The van der Waals surface area contributed by atoms with Crippen LogP contribution in [0.5, 0.6) is 0 Å². The molecular weight excluding hydrogens is 298 g/mol. The van der Waals surface area contributed by atoms with Gasteiger partial charge in [0.1, 0.15) is 0 Å². The van der Waals surface area contributed by atoms with Crippen molar-refractivity contribution >= 4 is 28.9 Å². The molecule has 3 heterocycles. The van der Waals surface area contributed by atoms with Gasteiger partial charge in [-0.05, 0) is 17.7 Å². The van der Waals surface area contributed by atoms with Crippen molar-refractivity contribution in [1.82, 2.24) is 29.7 Å². The monoisotopic (exact) mass is 307 g/mol. The molecule has 3 rings (SSSR count). The molecule has 0 aromatic carbocycles. The molecule has 0 saturated heterocycles. The molecule has 0 radical (unpaired) electrons. The summed E-state index contributed by atoms with van der Waals surface area (Å²) < 4.78 is 1.53. The minimum atomic E-state index is 0.127. The summed E-state index contributed by atoms with van der Waals surface area (Å²) in [6.45, 7) is 0.669. The summed E-state index contributed by atoms with van der Waals surface area (Å²) in [6, 6.07) is 1.78. The second-order valence-electron chi connectivity index (χ2n) is 3.84. The highest BCUT2D eigenvalue weighted by Crippen LogP contribution is 2.09. The fraction of sp³-hybridized carbons (Fsp3) is 0.182. The highest BCUT2D eigenvalue weighted by molar-refractivity contribution is 7.07. The number of anilines is 1. The largest absolute Gasteiger partial charge is 0.354 e. The third-order valence-corrected chi connectivity index (χ3v) is 3.26. The molecule has 0 atom stereocenters. The molecule has 9 heteroatoms. The van der Waals surface area contributed by atoms with Crippen LogP contribution in [-0.2, 0) is 6.42 Å². The highest BCUT2D eigenvalue weighted by Gasteiger charge is 2.06. The first-order valence-corrected chi connectivity index (χ1v) is 7.16. The highest BCUT2D eigenvalue weighted by atomic mass is 35.5. The SMILES string of the molecule is Clc1nc(NCCc2cscn2)nc(-n2cccn2)n1. The molecule has 0 saturated carbocycles. The van der Waals surface area contributed by atoms with E-state index in [4.69, 9.17) is 11.6 Å². The molecule has 0 amide bonds. The first-order valence-electron chi connectivity index (χ1n) is 5.84. The zero-order chi connectivity index (χ0) is 13.8. The number of halogens is 1. The van der Waals surface area contributed by atoms with Gasteiger partial charge in [-0.1, -0.05) is 0 Å². The minimum Gasteiger partial charge on any atom is -0.354 e. The number of thiazole rings is 1. The lowest BCUT2D eigenvalue weighted by molar-refractivity contribution is 0.793. The van der Waals surface area contributed by atoms with E-state index in [1.54, 1.807) is 29.8 Å². The summed E-state index contributed by atoms with van der Waals surface area (Å²) in [6.07, 6.45) is 4.18. The molecule has 0 fully saturated rings. The number of hydrogen-bond donors (Lipinski definition) is 1. The van der Waals surface area contributed by atoms with Crippen LogP contribution in [0.1, 0.15) is 5.69 Å². The molecule has 0 unspecified atom stereocenters. The molecule has 0 aliphatic heterocycles. The molecule has 1 N–H and O–H groups in total. The van der Waals surface area contributed by atoms with E-state index in [2.05, 4.69) is 30.4 Å². The number of nitrogens with zero attached hydrogens (tertiary/aromatic N) is 6. The number of aromatic nitrogens is 6. The van der Waals surface area contributed by atoms with Crippen molar-refractivity contribution in [2.45, 2.75) is 6.42 Å². The average molecular weight is 308 g/mol. The zero-order valence-electron chi connectivity index (χ0n) is 10.3. The van der Waals surface area contributed by atoms with Crippen LogP contribution in [0, 0.1) is 0 Å². The Morgan fingerprint density at radius 2 is 2.25 bits per heavy atom. The quantitative estimate of drug-likeness (QED) is 0.774. The van der Waals surface area contributed by atoms with Gasteiger partial charge in [0.25, 0.3) is 5.95 Å². The molecule has 102 valence electrons. The first-order chi connectivity index (χ1) is 9.81. The maximum absolute atomic E-state index is 5.89. The Kier molecular flexibility index (Phi) is 3.84. The third-order valence-electron chi connectivity index (χ3n) is 2.45. The second-order valence-corrected chi connectivity index (χ2v) is 4.89. The normalized spacial score (nSPS) is 10.7. The van der Waals surface area contributed by atoms with Crippen molar-refractivity contribution in [3.05, 3.63) is 40.3 Å². The van der Waals surface area contributed by atoms with Gasteiger partial charge < -0.3 is 5.32 Å². The van der Waals surface area contributed by atoms with E-state index in [0.717, 1.165) is 12.1 Å². The van der Waals surface area contributed by atoms with Crippen LogP contribution >= 0.6 is 22.9 Å². The lowest BCUT2D eigenvalue weighted by Gasteiger charge is -2.05. The van der Waals surface area contributed by atoms with Crippen LogP contribution < -0.4 is 5.32 Å². The van der Waals surface area contributed by atoms with E-state index in [1.165, 1.54) is 4.68 Å². The number of nitrogens with one attached hydrogen (secondary N) is 1. The zero-order valence-corrected chi connectivity index (χ0v) is 11.8. The summed E-state index contributed by atoms with van der Waals surface area (Å²) in [4.78, 5) is 16.5. The van der Waals surface area contributed by atoms with E-state index < -0.39 is 0 Å². The third kappa shape index (κ3) is 3.09. The van der Waals surface area contributed by atoms with E-state index >= 15 is 0 Å². The van der Waals surface area contributed by atoms with Crippen molar-refractivity contribution in [2.24, 2.45) is 0 Å². The van der Waals surface area contributed by atoms with Crippen LogP contribution in [0.4, 0.5) is 5.95 Å². The molecule has 0 spiro atoms. The fourth-order valence-corrected chi connectivity index (χ4v) is 2.32. The van der Waals surface area contributed by atoms with Crippen molar-refractivity contribution in [1.29, 1.82) is 0 Å². The van der Waals surface area contributed by atoms with Crippen molar-refractivity contribution in [2.75, 3.05) is 11.9 Å². The smallest absolute Gasteiger partial charge is 0.256 e. The summed E-state index contributed by atoms with van der Waals surface area (Å²) in [5, 5.41) is 9.30. The molecule has 0 aliphatic carbocycles. The molecule has 0 aliphatic rings.